The molecule has 0 fully saturated rings. The Morgan fingerprint density at radius 1 is 1.41 bits per heavy atom. The minimum absolute atomic E-state index is 0.227. The molecule has 0 saturated heterocycles. The molecule has 0 saturated carbocycles. The van der Waals surface area contributed by atoms with Crippen LogP contribution in [-0.2, 0) is 14.0 Å². The van der Waals surface area contributed by atoms with Crippen LogP contribution in [0.25, 0.3) is 0 Å². The van der Waals surface area contributed by atoms with E-state index in [1.54, 1.807) is 6.08 Å². The molecule has 22 heavy (non-hydrogen) atoms. The zero-order valence-corrected chi connectivity index (χ0v) is 16.1. The first-order valence-electron chi connectivity index (χ1n) is 8.38. The highest BCUT2D eigenvalue weighted by molar-refractivity contribution is 6.74. The lowest BCUT2D eigenvalue weighted by Crippen LogP contribution is -2.40. The van der Waals surface area contributed by atoms with Crippen LogP contribution in [0.15, 0.2) is 24.0 Å². The molecule has 4 heteroatoms. The molecule has 1 atom stereocenters. The van der Waals surface area contributed by atoms with Gasteiger partial charge in [0, 0.05) is 12.5 Å². The van der Waals surface area contributed by atoms with Crippen molar-refractivity contribution in [1.82, 2.24) is 0 Å². The Morgan fingerprint density at radius 2 is 2.09 bits per heavy atom. The molecule has 0 aromatic carbocycles. The van der Waals surface area contributed by atoms with Gasteiger partial charge in [0.2, 0.25) is 8.32 Å². The average Bonchev–Trinajstić information content (AvgIpc) is 2.37. The van der Waals surface area contributed by atoms with Crippen molar-refractivity contribution in [2.45, 2.75) is 71.5 Å². The Kier molecular flexibility index (Phi) is 6.91. The highest BCUT2D eigenvalue weighted by atomic mass is 28.4. The average molecular weight is 325 g/mol. The summed E-state index contributed by atoms with van der Waals surface area (Å²) in [6, 6.07) is 0. The summed E-state index contributed by atoms with van der Waals surface area (Å²) in [5, 5.41) is 0.227. The molecule has 0 N–H and O–H groups in total. The van der Waals surface area contributed by atoms with E-state index in [0.29, 0.717) is 12.5 Å². The van der Waals surface area contributed by atoms with Crippen molar-refractivity contribution in [2.24, 2.45) is 5.92 Å². The summed E-state index contributed by atoms with van der Waals surface area (Å²) >= 11 is 0. The predicted octanol–water partition coefficient (Wildman–Crippen LogP) is 5.20. The monoisotopic (exact) mass is 324 g/mol. The SMILES string of the molecule is CCOC(=O)/C=C/CC1C=C(O[Si](C)(C)C(C)(C)C)CCC1. The first-order chi connectivity index (χ1) is 10.2. The van der Waals surface area contributed by atoms with E-state index in [1.807, 2.05) is 13.0 Å². The van der Waals surface area contributed by atoms with Crippen LogP contribution in [-0.4, -0.2) is 20.9 Å². The lowest BCUT2D eigenvalue weighted by molar-refractivity contribution is -0.137. The molecule has 0 aliphatic heterocycles. The molecule has 1 aliphatic carbocycles. The summed E-state index contributed by atoms with van der Waals surface area (Å²) in [5.74, 6) is 1.38. The summed E-state index contributed by atoms with van der Waals surface area (Å²) in [6.07, 6.45) is 10.00. The second kappa shape index (κ2) is 8.00. The quantitative estimate of drug-likeness (QED) is 0.382. The highest BCUT2D eigenvalue weighted by Crippen LogP contribution is 2.39. The molecular formula is C18H32O3Si. The molecule has 0 heterocycles. The Balaban J connectivity index is 2.60. The van der Waals surface area contributed by atoms with Gasteiger partial charge in [0.05, 0.1) is 12.4 Å². The third-order valence-corrected chi connectivity index (χ3v) is 8.98. The van der Waals surface area contributed by atoms with Crippen LogP contribution in [0.5, 0.6) is 0 Å². The fraction of sp³-hybridized carbons (Fsp3) is 0.722. The molecule has 1 unspecified atom stereocenters. The molecule has 0 radical (unpaired) electrons. The van der Waals surface area contributed by atoms with Gasteiger partial charge in [-0.25, -0.2) is 4.79 Å². The van der Waals surface area contributed by atoms with Crippen LogP contribution in [0.3, 0.4) is 0 Å². The van der Waals surface area contributed by atoms with Crippen LogP contribution in [0.2, 0.25) is 18.1 Å². The molecular weight excluding hydrogens is 292 g/mol. The fourth-order valence-corrected chi connectivity index (χ4v) is 3.38. The Morgan fingerprint density at radius 3 is 2.68 bits per heavy atom. The Labute approximate surface area is 136 Å². The number of allylic oxidation sites excluding steroid dienone is 3. The molecule has 3 nitrogen and oxygen atoms in total. The highest BCUT2D eigenvalue weighted by Gasteiger charge is 2.39. The van der Waals surface area contributed by atoms with E-state index < -0.39 is 8.32 Å². The Hall–Kier alpha value is -1.03. The van der Waals surface area contributed by atoms with Crippen LogP contribution >= 0.6 is 0 Å². The van der Waals surface area contributed by atoms with Gasteiger partial charge in [-0.2, -0.15) is 0 Å². The van der Waals surface area contributed by atoms with Crippen LogP contribution in [0, 0.1) is 5.92 Å². The van der Waals surface area contributed by atoms with Gasteiger partial charge in [-0.15, -0.1) is 0 Å². The zero-order chi connectivity index (χ0) is 16.8. The minimum Gasteiger partial charge on any atom is -0.547 e. The van der Waals surface area contributed by atoms with E-state index >= 15 is 0 Å². The van der Waals surface area contributed by atoms with Crippen LogP contribution < -0.4 is 0 Å². The molecule has 0 aromatic heterocycles. The van der Waals surface area contributed by atoms with Crippen molar-refractivity contribution < 1.29 is 14.0 Å². The van der Waals surface area contributed by atoms with Gasteiger partial charge in [0.1, 0.15) is 0 Å². The molecule has 0 bridgehead atoms. The largest absolute Gasteiger partial charge is 0.547 e. The van der Waals surface area contributed by atoms with Gasteiger partial charge >= 0.3 is 5.97 Å². The van der Waals surface area contributed by atoms with Gasteiger partial charge in [-0.3, -0.25) is 0 Å². The molecule has 0 spiro atoms. The number of hydrogen-bond donors (Lipinski definition) is 0. The maximum atomic E-state index is 11.3. The van der Waals surface area contributed by atoms with Gasteiger partial charge in [0.15, 0.2) is 0 Å². The van der Waals surface area contributed by atoms with Crippen molar-refractivity contribution in [2.75, 3.05) is 6.61 Å². The standard InChI is InChI=1S/C18H32O3Si/c1-7-20-17(19)13-9-11-15-10-8-12-16(14-15)21-22(5,6)18(2,3)4/h9,13-15H,7-8,10-12H2,1-6H3/b13-9+. The minimum atomic E-state index is -1.74. The molecule has 1 aliphatic rings. The molecule has 1 rings (SSSR count). The number of esters is 1. The van der Waals surface area contributed by atoms with E-state index in [0.717, 1.165) is 25.0 Å². The number of carbonyl (C=O) groups is 1. The van der Waals surface area contributed by atoms with Crippen molar-refractivity contribution in [3.8, 4) is 0 Å². The first-order valence-corrected chi connectivity index (χ1v) is 11.3. The maximum Gasteiger partial charge on any atom is 0.330 e. The summed E-state index contributed by atoms with van der Waals surface area (Å²) in [7, 11) is -1.74. The first kappa shape index (κ1) is 19.0. The van der Waals surface area contributed by atoms with Gasteiger partial charge in [0.25, 0.3) is 0 Å². The van der Waals surface area contributed by atoms with Crippen molar-refractivity contribution in [1.29, 1.82) is 0 Å². The zero-order valence-electron chi connectivity index (χ0n) is 15.1. The Bertz CT molecular complexity index is 430. The molecule has 126 valence electrons. The summed E-state index contributed by atoms with van der Waals surface area (Å²) in [4.78, 5) is 11.3. The number of rotatable bonds is 6. The summed E-state index contributed by atoms with van der Waals surface area (Å²) < 4.78 is 11.3. The van der Waals surface area contributed by atoms with Gasteiger partial charge in [-0.05, 0) is 56.3 Å². The third-order valence-electron chi connectivity index (χ3n) is 4.59. The van der Waals surface area contributed by atoms with E-state index in [1.165, 1.54) is 6.42 Å². The topological polar surface area (TPSA) is 35.5 Å². The second-order valence-corrected chi connectivity index (χ2v) is 12.3. The van der Waals surface area contributed by atoms with Gasteiger partial charge < -0.3 is 9.16 Å². The van der Waals surface area contributed by atoms with Gasteiger partial charge in [-0.1, -0.05) is 26.8 Å². The number of carbonyl (C=O) groups excluding carboxylic acids is 1. The predicted molar refractivity (Wildman–Crippen MR) is 94.1 cm³/mol. The van der Waals surface area contributed by atoms with Crippen molar-refractivity contribution in [3.05, 3.63) is 24.0 Å². The van der Waals surface area contributed by atoms with Crippen LogP contribution in [0.1, 0.15) is 53.4 Å². The van der Waals surface area contributed by atoms with E-state index in [2.05, 4.69) is 39.9 Å². The smallest absolute Gasteiger partial charge is 0.330 e. The van der Waals surface area contributed by atoms with E-state index in [9.17, 15) is 4.79 Å². The number of ether oxygens (including phenoxy) is 1. The van der Waals surface area contributed by atoms with Crippen molar-refractivity contribution in [3.63, 3.8) is 0 Å². The molecule has 0 amide bonds. The lowest BCUT2D eigenvalue weighted by Gasteiger charge is -2.38. The van der Waals surface area contributed by atoms with E-state index in [-0.39, 0.29) is 11.0 Å². The summed E-state index contributed by atoms with van der Waals surface area (Å²) in [6.45, 7) is 13.6. The summed E-state index contributed by atoms with van der Waals surface area (Å²) in [5.41, 5.74) is 0. The second-order valence-electron chi connectivity index (χ2n) is 7.54. The fourth-order valence-electron chi connectivity index (χ4n) is 2.25. The lowest BCUT2D eigenvalue weighted by atomic mass is 9.92. The normalized spacial score (nSPS) is 19.9. The number of hydrogen-bond acceptors (Lipinski definition) is 3. The van der Waals surface area contributed by atoms with Crippen LogP contribution in [0.4, 0.5) is 0 Å². The maximum absolute atomic E-state index is 11.3. The van der Waals surface area contributed by atoms with E-state index in [4.69, 9.17) is 9.16 Å². The third kappa shape index (κ3) is 5.99. The van der Waals surface area contributed by atoms with Crippen molar-refractivity contribution >= 4 is 14.3 Å². The molecule has 0 aromatic rings.